The summed E-state index contributed by atoms with van der Waals surface area (Å²) in [4.78, 5) is 3.12. The molecule has 4 heteroatoms. The van der Waals surface area contributed by atoms with Gasteiger partial charge in [-0.3, -0.25) is 0 Å². The minimum atomic E-state index is 0.603. The van der Waals surface area contributed by atoms with Crippen molar-refractivity contribution >= 4 is 0 Å². The van der Waals surface area contributed by atoms with Gasteiger partial charge >= 0.3 is 0 Å². The molecule has 0 unspecified atom stereocenters. The Hall–Kier alpha value is -1.34. The number of unbranched alkanes of at least 4 members (excludes halogenated alkanes) is 1. The second-order valence-electron chi connectivity index (χ2n) is 3.00. The van der Waals surface area contributed by atoms with E-state index in [1.54, 1.807) is 0 Å². The van der Waals surface area contributed by atoms with Crippen LogP contribution in [0.5, 0.6) is 0 Å². The molecule has 1 aromatic rings. The maximum Gasteiger partial charge on any atom is 0.280 e. The summed E-state index contributed by atoms with van der Waals surface area (Å²) in [6, 6.07) is 2.14. The lowest BCUT2D eigenvalue weighted by Gasteiger charge is -1.99. The van der Waals surface area contributed by atoms with E-state index in [4.69, 9.17) is 10.00 Å². The van der Waals surface area contributed by atoms with Gasteiger partial charge in [0.25, 0.3) is 5.82 Å². The zero-order valence-electron chi connectivity index (χ0n) is 8.49. The van der Waals surface area contributed by atoms with Crippen LogP contribution in [-0.4, -0.2) is 11.6 Å². The molecule has 0 atom stereocenters. The number of aromatic amines is 1. The monoisotopic (exact) mass is 194 g/mol. The van der Waals surface area contributed by atoms with E-state index in [2.05, 4.69) is 15.6 Å². The fraction of sp³-hybridized carbons (Fsp3) is 0.600. The summed E-state index contributed by atoms with van der Waals surface area (Å²) < 4.78 is 7.40. The van der Waals surface area contributed by atoms with Gasteiger partial charge < -0.3 is 4.74 Å². The second kappa shape index (κ2) is 6.17. The number of ether oxygens (including phenoxy) is 1. The summed E-state index contributed by atoms with van der Waals surface area (Å²) in [6.45, 7) is 4.18. The van der Waals surface area contributed by atoms with Crippen molar-refractivity contribution in [3.63, 3.8) is 0 Å². The molecule has 14 heavy (non-hydrogen) atoms. The predicted molar refractivity (Wildman–Crippen MR) is 51.2 cm³/mol. The number of nitriles is 1. The Morgan fingerprint density at radius 3 is 3.21 bits per heavy atom. The molecule has 0 spiro atoms. The molecule has 1 aromatic heterocycles. The van der Waals surface area contributed by atoms with Crippen molar-refractivity contribution in [3.8, 4) is 6.07 Å². The van der Waals surface area contributed by atoms with Crippen molar-refractivity contribution in [1.29, 1.82) is 5.26 Å². The molecular weight excluding hydrogens is 178 g/mol. The van der Waals surface area contributed by atoms with Crippen molar-refractivity contribution in [2.75, 3.05) is 6.61 Å². The van der Waals surface area contributed by atoms with Gasteiger partial charge in [0.1, 0.15) is 19.0 Å². The first kappa shape index (κ1) is 10.7. The SMILES string of the molecule is CCOCc1[nH]cc[n+]1CCCC#N. The molecule has 0 aliphatic rings. The van der Waals surface area contributed by atoms with Crippen LogP contribution in [0, 0.1) is 11.3 Å². The molecule has 0 aliphatic carbocycles. The number of nitrogens with one attached hydrogen (secondary N) is 1. The van der Waals surface area contributed by atoms with Crippen LogP contribution in [0.15, 0.2) is 12.4 Å². The fourth-order valence-electron chi connectivity index (χ4n) is 1.26. The highest BCUT2D eigenvalue weighted by Gasteiger charge is 2.09. The Morgan fingerprint density at radius 1 is 1.64 bits per heavy atom. The highest BCUT2D eigenvalue weighted by Crippen LogP contribution is 1.93. The minimum absolute atomic E-state index is 0.603. The summed E-state index contributed by atoms with van der Waals surface area (Å²) in [5, 5.41) is 8.41. The van der Waals surface area contributed by atoms with Crippen molar-refractivity contribution in [2.45, 2.75) is 32.9 Å². The van der Waals surface area contributed by atoms with Crippen molar-refractivity contribution in [2.24, 2.45) is 0 Å². The Kier molecular flexibility index (Phi) is 4.73. The number of imidazole rings is 1. The van der Waals surface area contributed by atoms with E-state index in [1.165, 1.54) is 0 Å². The number of H-pyrrole nitrogens is 1. The maximum atomic E-state index is 8.41. The van der Waals surface area contributed by atoms with E-state index >= 15 is 0 Å². The van der Waals surface area contributed by atoms with E-state index in [0.29, 0.717) is 13.0 Å². The smallest absolute Gasteiger partial charge is 0.280 e. The molecule has 1 N–H and O–H groups in total. The highest BCUT2D eigenvalue weighted by atomic mass is 16.5. The van der Waals surface area contributed by atoms with Crippen LogP contribution in [-0.2, 0) is 17.9 Å². The number of rotatable bonds is 6. The normalized spacial score (nSPS) is 10.0. The molecular formula is C10H16N3O+. The molecule has 0 aromatic carbocycles. The van der Waals surface area contributed by atoms with Crippen molar-refractivity contribution in [3.05, 3.63) is 18.2 Å². The van der Waals surface area contributed by atoms with Gasteiger partial charge in [0.2, 0.25) is 0 Å². The zero-order valence-corrected chi connectivity index (χ0v) is 8.49. The highest BCUT2D eigenvalue weighted by molar-refractivity contribution is 4.74. The molecule has 1 rings (SSSR count). The lowest BCUT2D eigenvalue weighted by molar-refractivity contribution is -0.705. The molecule has 0 bridgehead atoms. The quantitative estimate of drug-likeness (QED) is 0.545. The van der Waals surface area contributed by atoms with Crippen LogP contribution >= 0.6 is 0 Å². The molecule has 4 nitrogen and oxygen atoms in total. The first-order chi connectivity index (χ1) is 6.88. The Morgan fingerprint density at radius 2 is 2.50 bits per heavy atom. The number of hydrogen-bond acceptors (Lipinski definition) is 2. The first-order valence-electron chi connectivity index (χ1n) is 4.89. The van der Waals surface area contributed by atoms with E-state index < -0.39 is 0 Å². The van der Waals surface area contributed by atoms with Gasteiger partial charge in [0, 0.05) is 13.0 Å². The summed E-state index contributed by atoms with van der Waals surface area (Å²) in [5.41, 5.74) is 0. The van der Waals surface area contributed by atoms with Gasteiger partial charge in [-0.05, 0) is 13.3 Å². The van der Waals surface area contributed by atoms with Crippen LogP contribution in [0.3, 0.4) is 0 Å². The van der Waals surface area contributed by atoms with E-state index in [0.717, 1.165) is 25.4 Å². The van der Waals surface area contributed by atoms with Gasteiger partial charge in [0.05, 0.1) is 12.6 Å². The second-order valence-corrected chi connectivity index (χ2v) is 3.00. The summed E-state index contributed by atoms with van der Waals surface area (Å²) in [6.07, 6.45) is 5.36. The fourth-order valence-corrected chi connectivity index (χ4v) is 1.26. The van der Waals surface area contributed by atoms with Crippen LogP contribution in [0.4, 0.5) is 0 Å². The molecule has 0 aliphatic heterocycles. The van der Waals surface area contributed by atoms with Crippen LogP contribution in [0.25, 0.3) is 0 Å². The lowest BCUT2D eigenvalue weighted by Crippen LogP contribution is -2.36. The molecule has 0 saturated carbocycles. The largest absolute Gasteiger partial charge is 0.369 e. The predicted octanol–water partition coefficient (Wildman–Crippen LogP) is 1.14. The third-order valence-corrected chi connectivity index (χ3v) is 1.98. The number of aryl methyl sites for hydroxylation is 1. The minimum Gasteiger partial charge on any atom is -0.369 e. The number of aromatic nitrogens is 2. The Bertz CT molecular complexity index is 301. The molecule has 1 heterocycles. The van der Waals surface area contributed by atoms with Gasteiger partial charge in [-0.15, -0.1) is 0 Å². The Labute approximate surface area is 84.1 Å². The average Bonchev–Trinajstić information content (AvgIpc) is 2.63. The van der Waals surface area contributed by atoms with E-state index in [9.17, 15) is 0 Å². The molecule has 0 radical (unpaired) electrons. The van der Waals surface area contributed by atoms with Gasteiger partial charge in [-0.2, -0.15) is 5.26 Å². The van der Waals surface area contributed by atoms with E-state index in [-0.39, 0.29) is 0 Å². The summed E-state index contributed by atoms with van der Waals surface area (Å²) >= 11 is 0. The molecule has 0 fully saturated rings. The van der Waals surface area contributed by atoms with Gasteiger partial charge in [-0.25, -0.2) is 9.55 Å². The third kappa shape index (κ3) is 3.19. The van der Waals surface area contributed by atoms with Crippen LogP contribution in [0.2, 0.25) is 0 Å². The van der Waals surface area contributed by atoms with Gasteiger partial charge in [0.15, 0.2) is 0 Å². The Balaban J connectivity index is 2.42. The van der Waals surface area contributed by atoms with Crippen molar-refractivity contribution in [1.82, 2.24) is 4.98 Å². The molecule has 0 saturated heterocycles. The lowest BCUT2D eigenvalue weighted by atomic mass is 10.3. The van der Waals surface area contributed by atoms with Gasteiger partial charge in [-0.1, -0.05) is 0 Å². The topological polar surface area (TPSA) is 52.7 Å². The third-order valence-electron chi connectivity index (χ3n) is 1.98. The average molecular weight is 194 g/mol. The summed E-state index contributed by atoms with van der Waals surface area (Å²) in [5.74, 6) is 1.06. The summed E-state index contributed by atoms with van der Waals surface area (Å²) in [7, 11) is 0. The number of nitrogens with zero attached hydrogens (tertiary/aromatic N) is 2. The van der Waals surface area contributed by atoms with Crippen LogP contribution in [0.1, 0.15) is 25.6 Å². The van der Waals surface area contributed by atoms with Crippen LogP contribution < -0.4 is 4.57 Å². The maximum absolute atomic E-state index is 8.41. The molecule has 0 amide bonds. The van der Waals surface area contributed by atoms with Crippen molar-refractivity contribution < 1.29 is 9.30 Å². The first-order valence-corrected chi connectivity index (χ1v) is 4.89. The zero-order chi connectivity index (χ0) is 10.2. The van der Waals surface area contributed by atoms with E-state index in [1.807, 2.05) is 19.3 Å². The number of hydrogen-bond donors (Lipinski definition) is 1. The molecule has 76 valence electrons. The standard InChI is InChI=1S/C10H15N3O/c1-2-14-9-10-12-6-8-13(10)7-4-3-5-11/h6,8H,2-4,7,9H2,1H3/p+1.